The van der Waals surface area contributed by atoms with E-state index in [1.54, 1.807) is 0 Å². The van der Waals surface area contributed by atoms with E-state index < -0.39 is 0 Å². The summed E-state index contributed by atoms with van der Waals surface area (Å²) in [6.45, 7) is 4.36. The number of urea groups is 1. The topological polar surface area (TPSA) is 48.5 Å². The number of amides is 2. The Balaban J connectivity index is 1.35. The van der Waals surface area contributed by atoms with Gasteiger partial charge in [0.25, 0.3) is 0 Å². The number of thiazole rings is 1. The van der Waals surface area contributed by atoms with Crippen LogP contribution < -0.4 is 5.32 Å². The minimum absolute atomic E-state index is 0.0504. The van der Waals surface area contributed by atoms with Crippen molar-refractivity contribution in [1.82, 2.24) is 14.8 Å². The van der Waals surface area contributed by atoms with Crippen molar-refractivity contribution >= 4 is 32.7 Å². The van der Waals surface area contributed by atoms with Gasteiger partial charge in [-0.1, -0.05) is 53.8 Å². The molecule has 1 fully saturated rings. The number of fused-ring (bicyclic) bond motifs is 1. The largest absolute Gasteiger partial charge is 0.323 e. The second-order valence-corrected chi connectivity index (χ2v) is 7.55. The maximum Gasteiger partial charge on any atom is 0.323 e. The first-order valence-corrected chi connectivity index (χ1v) is 9.77. The molecule has 26 heavy (non-hydrogen) atoms. The molecule has 0 saturated carbocycles. The van der Waals surface area contributed by atoms with Crippen molar-refractivity contribution in [3.05, 3.63) is 60.2 Å². The highest BCUT2D eigenvalue weighted by Crippen LogP contribution is 2.25. The third-order valence-electron chi connectivity index (χ3n) is 4.63. The van der Waals surface area contributed by atoms with E-state index in [-0.39, 0.29) is 6.03 Å². The summed E-state index contributed by atoms with van der Waals surface area (Å²) in [4.78, 5) is 21.4. The number of anilines is 1. The normalized spacial score (nSPS) is 15.8. The molecule has 5 nitrogen and oxygen atoms in total. The van der Waals surface area contributed by atoms with E-state index in [4.69, 9.17) is 0 Å². The summed E-state index contributed by atoms with van der Waals surface area (Å²) in [5.74, 6) is 0. The van der Waals surface area contributed by atoms with Crippen LogP contribution in [0.3, 0.4) is 0 Å². The quantitative estimate of drug-likeness (QED) is 0.761. The molecule has 2 aromatic carbocycles. The third kappa shape index (κ3) is 4.03. The van der Waals surface area contributed by atoms with Crippen LogP contribution in [0.25, 0.3) is 10.2 Å². The SMILES string of the molecule is O=C(Nc1nc2ccccc2s1)N1CCCN(Cc2ccccc2)CC1. The highest BCUT2D eigenvalue weighted by atomic mass is 32.1. The molecular formula is C20H22N4OS. The highest BCUT2D eigenvalue weighted by Gasteiger charge is 2.20. The van der Waals surface area contributed by atoms with Gasteiger partial charge in [-0.05, 0) is 24.1 Å². The van der Waals surface area contributed by atoms with Crippen LogP contribution in [0.2, 0.25) is 0 Å². The molecule has 1 aliphatic heterocycles. The molecule has 0 aliphatic carbocycles. The number of para-hydroxylation sites is 1. The molecule has 0 spiro atoms. The smallest absolute Gasteiger partial charge is 0.323 e. The Kier molecular flexibility index (Phi) is 5.13. The van der Waals surface area contributed by atoms with Gasteiger partial charge in [0.05, 0.1) is 10.2 Å². The van der Waals surface area contributed by atoms with Gasteiger partial charge in [-0.15, -0.1) is 0 Å². The Bertz CT molecular complexity index is 847. The maximum absolute atomic E-state index is 12.6. The van der Waals surface area contributed by atoms with Crippen molar-refractivity contribution in [3.8, 4) is 0 Å². The van der Waals surface area contributed by atoms with Gasteiger partial charge >= 0.3 is 6.03 Å². The van der Waals surface area contributed by atoms with Crippen LogP contribution in [0, 0.1) is 0 Å². The van der Waals surface area contributed by atoms with E-state index in [0.717, 1.165) is 49.4 Å². The molecule has 2 heterocycles. The van der Waals surface area contributed by atoms with E-state index in [1.165, 1.54) is 16.9 Å². The average molecular weight is 366 g/mol. The fourth-order valence-electron chi connectivity index (χ4n) is 3.27. The van der Waals surface area contributed by atoms with Crippen molar-refractivity contribution in [2.45, 2.75) is 13.0 Å². The van der Waals surface area contributed by atoms with Gasteiger partial charge in [0, 0.05) is 32.7 Å². The second-order valence-electron chi connectivity index (χ2n) is 6.52. The second kappa shape index (κ2) is 7.85. The zero-order valence-corrected chi connectivity index (χ0v) is 15.4. The first-order valence-electron chi connectivity index (χ1n) is 8.96. The average Bonchev–Trinajstić information content (AvgIpc) is 2.92. The molecule has 3 aromatic rings. The van der Waals surface area contributed by atoms with E-state index in [1.807, 2.05) is 35.2 Å². The first kappa shape index (κ1) is 17.0. The minimum atomic E-state index is -0.0504. The molecule has 1 aliphatic rings. The van der Waals surface area contributed by atoms with Crippen molar-refractivity contribution in [1.29, 1.82) is 0 Å². The van der Waals surface area contributed by atoms with Crippen LogP contribution in [0.1, 0.15) is 12.0 Å². The van der Waals surface area contributed by atoms with Crippen LogP contribution in [0.15, 0.2) is 54.6 Å². The number of carbonyl (C=O) groups excluding carboxylic acids is 1. The van der Waals surface area contributed by atoms with Gasteiger partial charge in [-0.3, -0.25) is 10.2 Å². The zero-order valence-electron chi connectivity index (χ0n) is 14.6. The Morgan fingerprint density at radius 3 is 2.65 bits per heavy atom. The van der Waals surface area contributed by atoms with Gasteiger partial charge in [-0.25, -0.2) is 9.78 Å². The van der Waals surface area contributed by atoms with Crippen LogP contribution in [-0.4, -0.2) is 47.0 Å². The van der Waals surface area contributed by atoms with Crippen LogP contribution in [0.4, 0.5) is 9.93 Å². The van der Waals surface area contributed by atoms with E-state index >= 15 is 0 Å². The maximum atomic E-state index is 12.6. The molecule has 2 amide bonds. The van der Waals surface area contributed by atoms with Crippen molar-refractivity contribution in [2.24, 2.45) is 0 Å². The number of benzene rings is 2. The molecule has 6 heteroatoms. The molecule has 1 saturated heterocycles. The lowest BCUT2D eigenvalue weighted by molar-refractivity contribution is 0.211. The fraction of sp³-hybridized carbons (Fsp3) is 0.300. The summed E-state index contributed by atoms with van der Waals surface area (Å²) in [7, 11) is 0. The molecule has 4 rings (SSSR count). The number of rotatable bonds is 3. The lowest BCUT2D eigenvalue weighted by Gasteiger charge is -2.22. The summed E-state index contributed by atoms with van der Waals surface area (Å²) in [6, 6.07) is 18.4. The van der Waals surface area contributed by atoms with Gasteiger partial charge < -0.3 is 4.90 Å². The predicted molar refractivity (Wildman–Crippen MR) is 107 cm³/mol. The number of nitrogens with zero attached hydrogens (tertiary/aromatic N) is 3. The van der Waals surface area contributed by atoms with Gasteiger partial charge in [-0.2, -0.15) is 0 Å². The molecule has 0 unspecified atom stereocenters. The van der Waals surface area contributed by atoms with Gasteiger partial charge in [0.15, 0.2) is 5.13 Å². The number of hydrogen-bond donors (Lipinski definition) is 1. The molecule has 134 valence electrons. The Hall–Kier alpha value is -2.44. The lowest BCUT2D eigenvalue weighted by Crippen LogP contribution is -2.38. The summed E-state index contributed by atoms with van der Waals surface area (Å²) in [5.41, 5.74) is 2.25. The Morgan fingerprint density at radius 1 is 1.00 bits per heavy atom. The number of aromatic nitrogens is 1. The minimum Gasteiger partial charge on any atom is -0.323 e. The van der Waals surface area contributed by atoms with Crippen molar-refractivity contribution in [2.75, 3.05) is 31.5 Å². The molecular weight excluding hydrogens is 344 g/mol. The van der Waals surface area contributed by atoms with Crippen LogP contribution in [0.5, 0.6) is 0 Å². The Morgan fingerprint density at radius 2 is 1.81 bits per heavy atom. The Labute approximate surface area is 157 Å². The number of carbonyl (C=O) groups is 1. The fourth-order valence-corrected chi connectivity index (χ4v) is 4.13. The van der Waals surface area contributed by atoms with Crippen molar-refractivity contribution in [3.63, 3.8) is 0 Å². The van der Waals surface area contributed by atoms with Gasteiger partial charge in [0.2, 0.25) is 0 Å². The summed E-state index contributed by atoms with van der Waals surface area (Å²) in [5, 5.41) is 3.64. The lowest BCUT2D eigenvalue weighted by atomic mass is 10.2. The highest BCUT2D eigenvalue weighted by molar-refractivity contribution is 7.22. The predicted octanol–water partition coefficient (Wildman–Crippen LogP) is 4.04. The van der Waals surface area contributed by atoms with E-state index in [0.29, 0.717) is 5.13 Å². The monoisotopic (exact) mass is 366 g/mol. The molecule has 0 atom stereocenters. The molecule has 0 bridgehead atoms. The molecule has 1 N–H and O–H groups in total. The van der Waals surface area contributed by atoms with Crippen molar-refractivity contribution < 1.29 is 4.79 Å². The van der Waals surface area contributed by atoms with Crippen LogP contribution in [-0.2, 0) is 6.54 Å². The summed E-state index contributed by atoms with van der Waals surface area (Å²) < 4.78 is 1.09. The van der Waals surface area contributed by atoms with E-state index in [9.17, 15) is 4.79 Å². The summed E-state index contributed by atoms with van der Waals surface area (Å²) in [6.07, 6.45) is 0.986. The number of hydrogen-bond acceptors (Lipinski definition) is 4. The summed E-state index contributed by atoms with van der Waals surface area (Å²) >= 11 is 1.52. The zero-order chi connectivity index (χ0) is 17.8. The van der Waals surface area contributed by atoms with E-state index in [2.05, 4.69) is 39.5 Å². The first-order chi connectivity index (χ1) is 12.8. The van der Waals surface area contributed by atoms with Gasteiger partial charge in [0.1, 0.15) is 0 Å². The molecule has 1 aromatic heterocycles. The molecule has 0 radical (unpaired) electrons. The standard InChI is InChI=1S/C20H22N4OS/c25-20(22-19-21-17-9-4-5-10-18(17)26-19)24-12-6-11-23(13-14-24)15-16-7-2-1-3-8-16/h1-5,7-10H,6,11-15H2,(H,21,22,25). The van der Waals surface area contributed by atoms with Crippen LogP contribution >= 0.6 is 11.3 Å². The third-order valence-corrected chi connectivity index (χ3v) is 5.58. The number of nitrogens with one attached hydrogen (secondary N) is 1.